The van der Waals surface area contributed by atoms with Crippen LogP contribution < -0.4 is 4.74 Å². The molecule has 2 aromatic carbocycles. The molecule has 2 heteroatoms. The first-order chi connectivity index (χ1) is 9.65. The third kappa shape index (κ3) is 2.90. The van der Waals surface area contributed by atoms with Gasteiger partial charge >= 0.3 is 0 Å². The molecule has 2 nitrogen and oxygen atoms in total. The summed E-state index contributed by atoms with van der Waals surface area (Å²) < 4.78 is 5.69. The van der Waals surface area contributed by atoms with Crippen LogP contribution in [0.1, 0.15) is 40.4 Å². The Morgan fingerprint density at radius 1 is 1.00 bits per heavy atom. The van der Waals surface area contributed by atoms with Gasteiger partial charge in [0.2, 0.25) is 0 Å². The highest BCUT2D eigenvalue weighted by atomic mass is 16.5. The lowest BCUT2D eigenvalue weighted by Gasteiger charge is -2.12. The second kappa shape index (κ2) is 6.38. The third-order valence-corrected chi connectivity index (χ3v) is 3.30. The Kier molecular flexibility index (Phi) is 4.57. The molecule has 2 aromatic rings. The molecule has 0 heterocycles. The monoisotopic (exact) mass is 268 g/mol. The fraction of sp³-hybridized carbons (Fsp3) is 0.278. The smallest absolute Gasteiger partial charge is 0.197 e. The molecular formula is C18H20O2. The average molecular weight is 268 g/mol. The number of hydrogen-bond donors (Lipinski definition) is 0. The van der Waals surface area contributed by atoms with E-state index in [0.29, 0.717) is 17.9 Å². The van der Waals surface area contributed by atoms with E-state index < -0.39 is 0 Å². The van der Waals surface area contributed by atoms with Crippen molar-refractivity contribution in [2.75, 3.05) is 6.61 Å². The quantitative estimate of drug-likeness (QED) is 0.755. The van der Waals surface area contributed by atoms with Crippen molar-refractivity contribution in [3.05, 3.63) is 64.7 Å². The van der Waals surface area contributed by atoms with Gasteiger partial charge in [0.05, 0.1) is 12.2 Å². The molecule has 0 aliphatic rings. The minimum absolute atomic E-state index is 0.0345. The summed E-state index contributed by atoms with van der Waals surface area (Å²) >= 11 is 0. The summed E-state index contributed by atoms with van der Waals surface area (Å²) in [7, 11) is 0. The number of aryl methyl sites for hydroxylation is 2. The summed E-state index contributed by atoms with van der Waals surface area (Å²) in [4.78, 5) is 12.8. The minimum Gasteiger partial charge on any atom is -0.493 e. The Bertz CT molecular complexity index is 594. The topological polar surface area (TPSA) is 26.3 Å². The second-order valence-electron chi connectivity index (χ2n) is 4.94. The summed E-state index contributed by atoms with van der Waals surface area (Å²) in [5.74, 6) is 0.703. The molecule has 0 bridgehead atoms. The van der Waals surface area contributed by atoms with Gasteiger partial charge in [-0.25, -0.2) is 0 Å². The maximum atomic E-state index is 12.8. The predicted molar refractivity (Wildman–Crippen MR) is 81.6 cm³/mol. The van der Waals surface area contributed by atoms with E-state index in [0.717, 1.165) is 23.1 Å². The van der Waals surface area contributed by atoms with Gasteiger partial charge < -0.3 is 4.74 Å². The van der Waals surface area contributed by atoms with Gasteiger partial charge in [-0.05, 0) is 43.5 Å². The van der Waals surface area contributed by atoms with E-state index in [1.807, 2.05) is 56.3 Å². The zero-order chi connectivity index (χ0) is 14.5. The summed E-state index contributed by atoms with van der Waals surface area (Å²) in [5.41, 5.74) is 3.42. The highest BCUT2D eigenvalue weighted by Crippen LogP contribution is 2.25. The molecule has 0 atom stereocenters. The van der Waals surface area contributed by atoms with E-state index in [4.69, 9.17) is 4.74 Å². The van der Waals surface area contributed by atoms with Gasteiger partial charge in [-0.3, -0.25) is 4.79 Å². The standard InChI is InChI=1S/C18H20O2/c1-4-12-20-16-11-6-5-10-15(16)18(19)17-13(2)8-7-9-14(17)3/h5-11H,4,12H2,1-3H3. The molecule has 0 aliphatic heterocycles. The number of carbonyl (C=O) groups is 1. The van der Waals surface area contributed by atoms with Crippen LogP contribution in [0.5, 0.6) is 5.75 Å². The average Bonchev–Trinajstić information content (AvgIpc) is 2.45. The molecule has 0 aromatic heterocycles. The number of hydrogen-bond acceptors (Lipinski definition) is 2. The number of ketones is 1. The first kappa shape index (κ1) is 14.3. The van der Waals surface area contributed by atoms with Crippen LogP contribution in [0.3, 0.4) is 0 Å². The van der Waals surface area contributed by atoms with Crippen LogP contribution >= 0.6 is 0 Å². The molecule has 0 radical (unpaired) electrons. The van der Waals surface area contributed by atoms with Gasteiger partial charge in [0.25, 0.3) is 0 Å². The second-order valence-corrected chi connectivity index (χ2v) is 4.94. The van der Waals surface area contributed by atoms with E-state index in [1.54, 1.807) is 0 Å². The third-order valence-electron chi connectivity index (χ3n) is 3.30. The number of ether oxygens (including phenoxy) is 1. The van der Waals surface area contributed by atoms with Crippen LogP contribution in [0.2, 0.25) is 0 Å². The van der Waals surface area contributed by atoms with Crippen molar-refractivity contribution in [1.82, 2.24) is 0 Å². The van der Waals surface area contributed by atoms with E-state index in [9.17, 15) is 4.79 Å². The van der Waals surface area contributed by atoms with Gasteiger partial charge in [-0.15, -0.1) is 0 Å². The molecule has 0 saturated carbocycles. The predicted octanol–water partition coefficient (Wildman–Crippen LogP) is 4.32. The summed E-state index contributed by atoms with van der Waals surface area (Å²) in [5, 5.41) is 0. The Hall–Kier alpha value is -2.09. The highest BCUT2D eigenvalue weighted by Gasteiger charge is 2.17. The number of carbonyl (C=O) groups excluding carboxylic acids is 1. The lowest BCUT2D eigenvalue weighted by atomic mass is 9.94. The van der Waals surface area contributed by atoms with Crippen molar-refractivity contribution in [2.45, 2.75) is 27.2 Å². The van der Waals surface area contributed by atoms with Crippen LogP contribution in [-0.2, 0) is 0 Å². The van der Waals surface area contributed by atoms with Crippen molar-refractivity contribution in [3.63, 3.8) is 0 Å². The molecule has 104 valence electrons. The lowest BCUT2D eigenvalue weighted by molar-refractivity contribution is 0.103. The molecular weight excluding hydrogens is 248 g/mol. The van der Waals surface area contributed by atoms with E-state index in [1.165, 1.54) is 0 Å². The first-order valence-electron chi connectivity index (χ1n) is 6.98. The van der Waals surface area contributed by atoms with Gasteiger partial charge in [-0.2, -0.15) is 0 Å². The van der Waals surface area contributed by atoms with Gasteiger partial charge in [-0.1, -0.05) is 37.3 Å². The van der Waals surface area contributed by atoms with Crippen LogP contribution in [0.4, 0.5) is 0 Å². The molecule has 0 aliphatic carbocycles. The Balaban J connectivity index is 2.43. The van der Waals surface area contributed by atoms with Crippen LogP contribution in [0.25, 0.3) is 0 Å². The number of rotatable bonds is 5. The van der Waals surface area contributed by atoms with Crippen molar-refractivity contribution < 1.29 is 9.53 Å². The zero-order valence-electron chi connectivity index (χ0n) is 12.3. The number of benzene rings is 2. The molecule has 0 N–H and O–H groups in total. The molecule has 2 rings (SSSR count). The number of para-hydroxylation sites is 1. The highest BCUT2D eigenvalue weighted by molar-refractivity contribution is 6.12. The van der Waals surface area contributed by atoms with Crippen LogP contribution in [-0.4, -0.2) is 12.4 Å². The molecule has 0 saturated heterocycles. The maximum absolute atomic E-state index is 12.8. The molecule has 0 fully saturated rings. The SMILES string of the molecule is CCCOc1ccccc1C(=O)c1c(C)cccc1C. The summed E-state index contributed by atoms with van der Waals surface area (Å²) in [6, 6.07) is 13.4. The zero-order valence-corrected chi connectivity index (χ0v) is 12.3. The normalized spacial score (nSPS) is 10.3. The van der Waals surface area contributed by atoms with E-state index in [2.05, 4.69) is 6.92 Å². The molecule has 20 heavy (non-hydrogen) atoms. The Morgan fingerprint density at radius 3 is 2.30 bits per heavy atom. The molecule has 0 spiro atoms. The first-order valence-corrected chi connectivity index (χ1v) is 6.98. The van der Waals surface area contributed by atoms with Crippen molar-refractivity contribution in [2.24, 2.45) is 0 Å². The summed E-state index contributed by atoms with van der Waals surface area (Å²) in [6.45, 7) is 6.61. The van der Waals surface area contributed by atoms with Gasteiger partial charge in [0.15, 0.2) is 5.78 Å². The van der Waals surface area contributed by atoms with Crippen molar-refractivity contribution in [1.29, 1.82) is 0 Å². The Morgan fingerprint density at radius 2 is 1.65 bits per heavy atom. The fourth-order valence-corrected chi connectivity index (χ4v) is 2.30. The van der Waals surface area contributed by atoms with Gasteiger partial charge in [0.1, 0.15) is 5.75 Å². The van der Waals surface area contributed by atoms with E-state index >= 15 is 0 Å². The Labute approximate surface area is 120 Å². The fourth-order valence-electron chi connectivity index (χ4n) is 2.30. The van der Waals surface area contributed by atoms with Crippen molar-refractivity contribution in [3.8, 4) is 5.75 Å². The lowest BCUT2D eigenvalue weighted by Crippen LogP contribution is -2.09. The maximum Gasteiger partial charge on any atom is 0.197 e. The molecule has 0 amide bonds. The van der Waals surface area contributed by atoms with Crippen molar-refractivity contribution >= 4 is 5.78 Å². The van der Waals surface area contributed by atoms with Crippen LogP contribution in [0.15, 0.2) is 42.5 Å². The van der Waals surface area contributed by atoms with E-state index in [-0.39, 0.29) is 5.78 Å². The minimum atomic E-state index is 0.0345. The van der Waals surface area contributed by atoms with Crippen LogP contribution in [0, 0.1) is 13.8 Å². The van der Waals surface area contributed by atoms with Gasteiger partial charge in [0, 0.05) is 5.56 Å². The summed E-state index contributed by atoms with van der Waals surface area (Å²) in [6.07, 6.45) is 0.923. The largest absolute Gasteiger partial charge is 0.493 e. The molecule has 0 unspecified atom stereocenters.